The molecule has 0 saturated carbocycles. The lowest BCUT2D eigenvalue weighted by atomic mass is 10.2. The predicted octanol–water partition coefficient (Wildman–Crippen LogP) is 2.72. The van der Waals surface area contributed by atoms with Gasteiger partial charge in [0.25, 0.3) is 5.69 Å². The van der Waals surface area contributed by atoms with Crippen molar-refractivity contribution >= 4 is 23.3 Å². The Balaban J connectivity index is 2.20. The van der Waals surface area contributed by atoms with E-state index in [1.165, 1.54) is 28.2 Å². The first-order valence-electron chi connectivity index (χ1n) is 5.90. The van der Waals surface area contributed by atoms with Gasteiger partial charge in [0.15, 0.2) is 12.0 Å². The molecule has 0 aliphatic carbocycles. The highest BCUT2D eigenvalue weighted by Crippen LogP contribution is 2.29. The molecule has 2 heterocycles. The molecule has 3 rings (SSSR count). The third-order valence-corrected chi connectivity index (χ3v) is 3.72. The fraction of sp³-hybridized carbons (Fsp3) is 0. The number of nitro benzene ring substituents is 1. The van der Waals surface area contributed by atoms with E-state index in [-0.39, 0.29) is 11.4 Å². The smallest absolute Gasteiger partial charge is 0.271 e. The first-order valence-corrected chi connectivity index (χ1v) is 6.78. The molecule has 0 atom stereocenters. The Kier molecular flexibility index (Phi) is 3.28. The van der Waals surface area contributed by atoms with Crippen molar-refractivity contribution in [3.63, 3.8) is 0 Å². The summed E-state index contributed by atoms with van der Waals surface area (Å²) < 4.78 is 1.43. The average Bonchev–Trinajstić information content (AvgIpc) is 3.15. The third-order valence-electron chi connectivity index (χ3n) is 2.85. The Morgan fingerprint density at radius 2 is 2.14 bits per heavy atom. The van der Waals surface area contributed by atoms with Gasteiger partial charge < -0.3 is 0 Å². The van der Waals surface area contributed by atoms with Crippen molar-refractivity contribution in [2.24, 2.45) is 0 Å². The summed E-state index contributed by atoms with van der Waals surface area (Å²) in [6.45, 7) is 0. The van der Waals surface area contributed by atoms with Gasteiger partial charge in [-0.3, -0.25) is 14.9 Å². The third kappa shape index (κ3) is 2.32. The number of hydrogen-bond acceptors (Lipinski definition) is 6. The van der Waals surface area contributed by atoms with Gasteiger partial charge >= 0.3 is 0 Å². The zero-order valence-corrected chi connectivity index (χ0v) is 11.4. The van der Waals surface area contributed by atoms with Crippen molar-refractivity contribution in [3.8, 4) is 16.3 Å². The molecule has 0 fully saturated rings. The Hall–Kier alpha value is -2.87. The lowest BCUT2D eigenvalue weighted by Crippen LogP contribution is -2.00. The van der Waals surface area contributed by atoms with Crippen LogP contribution in [0.1, 0.15) is 10.5 Å². The molecule has 7 nitrogen and oxygen atoms in total. The Labute approximate surface area is 122 Å². The summed E-state index contributed by atoms with van der Waals surface area (Å²) in [4.78, 5) is 22.3. The summed E-state index contributed by atoms with van der Waals surface area (Å²) in [5, 5.41) is 20.5. The monoisotopic (exact) mass is 300 g/mol. The Morgan fingerprint density at radius 3 is 2.81 bits per heavy atom. The second kappa shape index (κ2) is 5.25. The zero-order valence-electron chi connectivity index (χ0n) is 10.5. The molecule has 8 heteroatoms. The minimum Gasteiger partial charge on any atom is -0.296 e. The number of carbonyl (C=O) groups is 1. The van der Waals surface area contributed by atoms with E-state index in [2.05, 4.69) is 10.3 Å². The molecule has 0 radical (unpaired) electrons. The average molecular weight is 300 g/mol. The van der Waals surface area contributed by atoms with E-state index in [9.17, 15) is 14.9 Å². The second-order valence-electron chi connectivity index (χ2n) is 4.11. The summed E-state index contributed by atoms with van der Waals surface area (Å²) in [7, 11) is 0. The molecule has 104 valence electrons. The maximum absolute atomic E-state index is 11.1. The van der Waals surface area contributed by atoms with Crippen LogP contribution in [0.5, 0.6) is 0 Å². The lowest BCUT2D eigenvalue weighted by Gasteiger charge is -2.05. The van der Waals surface area contributed by atoms with Crippen molar-refractivity contribution in [3.05, 3.63) is 57.6 Å². The summed E-state index contributed by atoms with van der Waals surface area (Å²) in [6.07, 6.45) is 0.621. The number of hydrogen-bond donors (Lipinski definition) is 0. The van der Waals surface area contributed by atoms with Crippen molar-refractivity contribution in [2.45, 2.75) is 0 Å². The minimum atomic E-state index is -0.480. The highest BCUT2D eigenvalue weighted by Gasteiger charge is 2.18. The molecule has 0 N–H and O–H groups in total. The van der Waals surface area contributed by atoms with E-state index < -0.39 is 4.92 Å². The van der Waals surface area contributed by atoms with Gasteiger partial charge in [-0.15, -0.1) is 16.4 Å². The van der Waals surface area contributed by atoms with Crippen LogP contribution >= 0.6 is 11.3 Å². The Morgan fingerprint density at radius 1 is 1.29 bits per heavy atom. The minimum absolute atomic E-state index is 0.0483. The first-order chi connectivity index (χ1) is 10.2. The number of aromatic nitrogens is 3. The van der Waals surface area contributed by atoms with Crippen LogP contribution in [-0.2, 0) is 0 Å². The molecular formula is C13H8N4O3S. The van der Waals surface area contributed by atoms with Gasteiger partial charge in [-0.1, -0.05) is 17.3 Å². The molecule has 0 aliphatic rings. The van der Waals surface area contributed by atoms with Crippen LogP contribution in [0, 0.1) is 10.1 Å². The van der Waals surface area contributed by atoms with Crippen LogP contribution in [-0.4, -0.2) is 26.2 Å². The van der Waals surface area contributed by atoms with Crippen molar-refractivity contribution in [1.82, 2.24) is 15.0 Å². The number of non-ortho nitro benzene ring substituents is 1. The molecule has 0 aliphatic heterocycles. The van der Waals surface area contributed by atoms with Gasteiger partial charge in [-0.05, 0) is 17.5 Å². The lowest BCUT2D eigenvalue weighted by molar-refractivity contribution is -0.384. The van der Waals surface area contributed by atoms with E-state index in [4.69, 9.17) is 0 Å². The fourth-order valence-corrected chi connectivity index (χ4v) is 2.70. The van der Waals surface area contributed by atoms with Crippen LogP contribution < -0.4 is 0 Å². The zero-order chi connectivity index (χ0) is 14.8. The highest BCUT2D eigenvalue weighted by molar-refractivity contribution is 7.13. The summed E-state index contributed by atoms with van der Waals surface area (Å²) in [5.74, 6) is 0. The normalized spacial score (nSPS) is 10.5. The van der Waals surface area contributed by atoms with Crippen molar-refractivity contribution < 1.29 is 9.72 Å². The van der Waals surface area contributed by atoms with Gasteiger partial charge in [-0.2, -0.15) is 0 Å². The topological polar surface area (TPSA) is 90.9 Å². The van der Waals surface area contributed by atoms with E-state index in [1.807, 2.05) is 17.5 Å². The van der Waals surface area contributed by atoms with Gasteiger partial charge in [0.1, 0.15) is 5.69 Å². The number of carbonyl (C=O) groups excluding carboxylic acids is 1. The van der Waals surface area contributed by atoms with Crippen molar-refractivity contribution in [2.75, 3.05) is 0 Å². The van der Waals surface area contributed by atoms with Gasteiger partial charge in [0, 0.05) is 12.1 Å². The van der Waals surface area contributed by atoms with Crippen LogP contribution in [0.15, 0.2) is 41.8 Å². The van der Waals surface area contributed by atoms with E-state index in [1.54, 1.807) is 12.1 Å². The van der Waals surface area contributed by atoms with Crippen LogP contribution in [0.4, 0.5) is 5.69 Å². The SMILES string of the molecule is O=Cc1nnn(-c2cccc([N+](=O)[O-])c2)c1-c1cccs1. The first kappa shape index (κ1) is 13.1. The van der Waals surface area contributed by atoms with Crippen molar-refractivity contribution in [1.29, 1.82) is 0 Å². The fourth-order valence-electron chi connectivity index (χ4n) is 1.94. The van der Waals surface area contributed by atoms with E-state index >= 15 is 0 Å². The van der Waals surface area contributed by atoms with Gasteiger partial charge in [0.2, 0.25) is 0 Å². The van der Waals surface area contributed by atoms with Gasteiger partial charge in [0.05, 0.1) is 15.5 Å². The molecule has 0 unspecified atom stereocenters. The number of nitrogens with zero attached hydrogens (tertiary/aromatic N) is 4. The highest BCUT2D eigenvalue weighted by atomic mass is 32.1. The number of aldehydes is 1. The largest absolute Gasteiger partial charge is 0.296 e. The molecule has 0 bridgehead atoms. The Bertz CT molecular complexity index is 811. The van der Waals surface area contributed by atoms with Crippen LogP contribution in [0.2, 0.25) is 0 Å². The summed E-state index contributed by atoms with van der Waals surface area (Å²) >= 11 is 1.44. The van der Waals surface area contributed by atoms with Crippen LogP contribution in [0.25, 0.3) is 16.3 Å². The summed E-state index contributed by atoms with van der Waals surface area (Å²) in [6, 6.07) is 9.71. The number of benzene rings is 1. The molecule has 0 amide bonds. The molecular weight excluding hydrogens is 292 g/mol. The predicted molar refractivity (Wildman–Crippen MR) is 76.7 cm³/mol. The maximum atomic E-state index is 11.1. The molecule has 0 saturated heterocycles. The molecule has 3 aromatic rings. The number of thiophene rings is 1. The van der Waals surface area contributed by atoms with E-state index in [0.29, 0.717) is 17.7 Å². The molecule has 2 aromatic heterocycles. The van der Waals surface area contributed by atoms with Gasteiger partial charge in [-0.25, -0.2) is 4.68 Å². The molecule has 21 heavy (non-hydrogen) atoms. The quantitative estimate of drug-likeness (QED) is 0.419. The standard InChI is InChI=1S/C13H8N4O3S/c18-8-11-13(12-5-2-6-21-12)16(15-14-11)9-3-1-4-10(7-9)17(19)20/h1-8H. The molecule has 0 spiro atoms. The van der Waals surface area contributed by atoms with E-state index in [0.717, 1.165) is 4.88 Å². The molecule has 1 aromatic carbocycles. The number of nitro groups is 1. The second-order valence-corrected chi connectivity index (χ2v) is 5.05. The van der Waals surface area contributed by atoms with Crippen LogP contribution in [0.3, 0.4) is 0 Å². The summed E-state index contributed by atoms with van der Waals surface area (Å²) in [5.41, 5.74) is 1.16. The maximum Gasteiger partial charge on any atom is 0.271 e. The number of rotatable bonds is 4.